The molecule has 260 valence electrons. The number of carboxylic acids is 2. The fourth-order valence-electron chi connectivity index (χ4n) is 6.40. The van der Waals surface area contributed by atoms with Crippen molar-refractivity contribution in [1.29, 1.82) is 0 Å². The summed E-state index contributed by atoms with van der Waals surface area (Å²) >= 11 is 0. The first-order chi connectivity index (χ1) is 21.3. The molecule has 0 amide bonds. The Morgan fingerprint density at radius 3 is 1.67 bits per heavy atom. The van der Waals surface area contributed by atoms with Gasteiger partial charge in [-0.1, -0.05) is 53.4 Å². The third kappa shape index (κ3) is 12.0. The van der Waals surface area contributed by atoms with Crippen molar-refractivity contribution in [3.05, 3.63) is 58.1 Å². The number of carboxylic acid groups (broad SMARTS) is 2. The van der Waals surface area contributed by atoms with Crippen molar-refractivity contribution in [2.24, 2.45) is 0 Å². The predicted molar refractivity (Wildman–Crippen MR) is 193 cm³/mol. The number of fused-ring (bicyclic) bond motifs is 2. The number of nitrogens with zero attached hydrogens (tertiary/aromatic N) is 2. The van der Waals surface area contributed by atoms with Crippen molar-refractivity contribution < 1.29 is 24.5 Å². The Balaban J connectivity index is 0.00000529. The average Bonchev–Trinajstić information content (AvgIpc) is 3.02. The summed E-state index contributed by atoms with van der Waals surface area (Å²) in [7, 11) is 0. The summed E-state index contributed by atoms with van der Waals surface area (Å²) in [6.07, 6.45) is 12.6. The van der Waals surface area contributed by atoms with Crippen LogP contribution in [-0.2, 0) is 6.42 Å². The number of benzene rings is 2. The van der Waals surface area contributed by atoms with Crippen LogP contribution >= 0.6 is 24.8 Å². The van der Waals surface area contributed by atoms with E-state index in [1.165, 1.54) is 12.8 Å². The minimum Gasteiger partial charge on any atom is -0.478 e. The number of halogens is 2. The minimum absolute atomic E-state index is 0. The highest BCUT2D eigenvalue weighted by Crippen LogP contribution is 2.49. The van der Waals surface area contributed by atoms with Gasteiger partial charge in [0.1, 0.15) is 11.5 Å². The number of unbranched alkanes of at least 4 members (excludes halogenated alkanes) is 4. The smallest absolute Gasteiger partial charge is 0.335 e. The van der Waals surface area contributed by atoms with Gasteiger partial charge in [-0.15, -0.1) is 24.8 Å². The molecule has 1 aliphatic rings. The Morgan fingerprint density at radius 2 is 1.17 bits per heavy atom. The molecule has 2 aromatic carbocycles. The van der Waals surface area contributed by atoms with Crippen LogP contribution in [0.25, 0.3) is 0 Å². The molecule has 1 aliphatic heterocycles. The molecule has 46 heavy (non-hydrogen) atoms. The van der Waals surface area contributed by atoms with Crippen LogP contribution in [0.2, 0.25) is 0 Å². The third-order valence-corrected chi connectivity index (χ3v) is 8.93. The zero-order chi connectivity index (χ0) is 31.9. The molecule has 0 saturated carbocycles. The van der Waals surface area contributed by atoms with E-state index < -0.39 is 11.9 Å². The fraction of sp³-hybridized carbons (Fsp3) is 0.622. The quantitative estimate of drug-likeness (QED) is 0.128. The second-order valence-electron chi connectivity index (χ2n) is 12.4. The molecule has 0 aromatic heterocycles. The van der Waals surface area contributed by atoms with Crippen molar-refractivity contribution in [3.63, 3.8) is 0 Å². The highest BCUT2D eigenvalue weighted by atomic mass is 35.5. The second-order valence-corrected chi connectivity index (χ2v) is 12.4. The van der Waals surface area contributed by atoms with Gasteiger partial charge in [0, 0.05) is 17.0 Å². The summed E-state index contributed by atoms with van der Waals surface area (Å²) in [6.45, 7) is 15.1. The maximum Gasteiger partial charge on any atom is 0.335 e. The van der Waals surface area contributed by atoms with Gasteiger partial charge in [0.15, 0.2) is 0 Å². The first-order valence-corrected chi connectivity index (χ1v) is 17.2. The predicted octanol–water partition coefficient (Wildman–Crippen LogP) is 9.68. The van der Waals surface area contributed by atoms with Crippen LogP contribution in [0.15, 0.2) is 30.3 Å². The Morgan fingerprint density at radius 1 is 0.674 bits per heavy atom. The van der Waals surface area contributed by atoms with Crippen LogP contribution in [0, 0.1) is 0 Å². The average molecular weight is 682 g/mol. The van der Waals surface area contributed by atoms with Gasteiger partial charge < -0.3 is 24.7 Å². The van der Waals surface area contributed by atoms with Crippen LogP contribution in [-0.4, -0.2) is 71.2 Å². The van der Waals surface area contributed by atoms with Gasteiger partial charge in [0.25, 0.3) is 0 Å². The molecular weight excluding hydrogens is 623 g/mol. The monoisotopic (exact) mass is 680 g/mol. The lowest BCUT2D eigenvalue weighted by atomic mass is 9.79. The van der Waals surface area contributed by atoms with Gasteiger partial charge in [0.05, 0.1) is 11.1 Å². The molecule has 0 bridgehead atoms. The van der Waals surface area contributed by atoms with Crippen molar-refractivity contribution in [1.82, 2.24) is 9.80 Å². The second kappa shape index (κ2) is 22.3. The minimum atomic E-state index is -0.971. The molecule has 0 radical (unpaired) electrons. The van der Waals surface area contributed by atoms with E-state index in [0.29, 0.717) is 23.5 Å². The lowest BCUT2D eigenvalue weighted by Crippen LogP contribution is -2.28. The highest BCUT2D eigenvalue weighted by molar-refractivity contribution is 5.91. The molecule has 0 fully saturated rings. The summed E-state index contributed by atoms with van der Waals surface area (Å²) in [5.41, 5.74) is 3.18. The van der Waals surface area contributed by atoms with E-state index in [0.717, 1.165) is 114 Å². The van der Waals surface area contributed by atoms with E-state index >= 15 is 0 Å². The molecule has 3 rings (SSSR count). The molecular formula is C37H58Cl2N2O5. The maximum atomic E-state index is 12.6. The molecule has 9 heteroatoms. The van der Waals surface area contributed by atoms with Crippen molar-refractivity contribution in [3.8, 4) is 11.5 Å². The Labute approximate surface area is 289 Å². The number of carbonyl (C=O) groups is 2. The van der Waals surface area contributed by atoms with E-state index in [-0.39, 0.29) is 36.3 Å². The molecule has 1 heterocycles. The molecule has 1 unspecified atom stereocenters. The first-order valence-electron chi connectivity index (χ1n) is 17.2. The Hall–Kier alpha value is -2.32. The van der Waals surface area contributed by atoms with E-state index in [9.17, 15) is 19.8 Å². The topological polar surface area (TPSA) is 90.3 Å². The van der Waals surface area contributed by atoms with Crippen molar-refractivity contribution in [2.75, 3.05) is 39.3 Å². The van der Waals surface area contributed by atoms with Gasteiger partial charge in [-0.2, -0.15) is 0 Å². The van der Waals surface area contributed by atoms with Crippen LogP contribution in [0.3, 0.4) is 0 Å². The van der Waals surface area contributed by atoms with Crippen LogP contribution in [0.4, 0.5) is 0 Å². The van der Waals surface area contributed by atoms with Gasteiger partial charge in [-0.25, -0.2) is 9.59 Å². The number of aromatic carboxylic acids is 2. The summed E-state index contributed by atoms with van der Waals surface area (Å²) in [6, 6.07) is 8.58. The Kier molecular flexibility index (Phi) is 20.2. The molecule has 2 N–H and O–H groups in total. The number of hydrogen-bond donors (Lipinski definition) is 2. The standard InChI is InChI=1S/C37H56N2O5.2ClH/c1-5-9-21-38(22-10-6-2)25-13-15-29-31(37(42)43)18-20-34-35(29)30(16-14-26-39(23-11-7-3)24-12-8-4)32-27-28(36(40)41)17-19-33(32)44-34;;/h17-20,27,30H,5-16,21-26H2,1-4H3,(H,40,41)(H,42,43);2*1H. The molecule has 7 nitrogen and oxygen atoms in total. The SMILES string of the molecule is CCCCN(CCCC)CCCc1c(C(=O)O)ccc2c1C(CCCN(CCCC)CCCC)c1cc(C(=O)O)ccc1O2.Cl.Cl. The van der Waals surface area contributed by atoms with Gasteiger partial charge >= 0.3 is 11.9 Å². The number of ether oxygens (including phenoxy) is 1. The molecule has 0 spiro atoms. The summed E-state index contributed by atoms with van der Waals surface area (Å²) in [4.78, 5) is 29.6. The van der Waals surface area contributed by atoms with Gasteiger partial charge in [-0.3, -0.25) is 0 Å². The first kappa shape index (κ1) is 41.7. The molecule has 0 saturated heterocycles. The van der Waals surface area contributed by atoms with Crippen molar-refractivity contribution >= 4 is 36.8 Å². The van der Waals surface area contributed by atoms with E-state index in [4.69, 9.17) is 4.74 Å². The van der Waals surface area contributed by atoms with Gasteiger partial charge in [0.2, 0.25) is 0 Å². The maximum absolute atomic E-state index is 12.6. The zero-order valence-electron chi connectivity index (χ0n) is 28.5. The zero-order valence-corrected chi connectivity index (χ0v) is 30.2. The highest BCUT2D eigenvalue weighted by Gasteiger charge is 2.32. The lowest BCUT2D eigenvalue weighted by molar-refractivity contribution is 0.0685. The van der Waals surface area contributed by atoms with E-state index in [1.54, 1.807) is 30.3 Å². The van der Waals surface area contributed by atoms with Crippen molar-refractivity contribution in [2.45, 2.75) is 111 Å². The number of rotatable bonds is 22. The fourth-order valence-corrected chi connectivity index (χ4v) is 6.40. The molecule has 2 aromatic rings. The van der Waals surface area contributed by atoms with Crippen LogP contribution < -0.4 is 4.74 Å². The lowest BCUT2D eigenvalue weighted by Gasteiger charge is -2.32. The van der Waals surface area contributed by atoms with Crippen LogP contribution in [0.5, 0.6) is 11.5 Å². The summed E-state index contributed by atoms with van der Waals surface area (Å²) in [5.74, 6) is -0.654. The van der Waals surface area contributed by atoms with E-state index in [1.807, 2.05) is 0 Å². The Bertz CT molecular complexity index is 1190. The van der Waals surface area contributed by atoms with Gasteiger partial charge in [-0.05, 0) is 127 Å². The summed E-state index contributed by atoms with van der Waals surface area (Å²) in [5, 5.41) is 20.1. The third-order valence-electron chi connectivity index (χ3n) is 8.93. The molecule has 0 aliphatic carbocycles. The largest absolute Gasteiger partial charge is 0.478 e. The van der Waals surface area contributed by atoms with E-state index in [2.05, 4.69) is 37.5 Å². The summed E-state index contributed by atoms with van der Waals surface area (Å²) < 4.78 is 6.38. The van der Waals surface area contributed by atoms with Crippen LogP contribution in [0.1, 0.15) is 142 Å². The molecule has 1 atom stereocenters. The number of hydrogen-bond acceptors (Lipinski definition) is 5. The normalized spacial score (nSPS) is 13.4.